The van der Waals surface area contributed by atoms with Crippen LogP contribution in [-0.2, 0) is 9.59 Å². The minimum absolute atomic E-state index is 0.144. The van der Waals surface area contributed by atoms with Crippen molar-refractivity contribution in [1.29, 1.82) is 0 Å². The number of rotatable bonds is 7. The van der Waals surface area contributed by atoms with Gasteiger partial charge in [0.1, 0.15) is 0 Å². The number of aliphatic carboxylic acids is 1. The molecule has 0 aromatic heterocycles. The zero-order valence-electron chi connectivity index (χ0n) is 13.1. The van der Waals surface area contributed by atoms with Gasteiger partial charge >= 0.3 is 5.97 Å². The van der Waals surface area contributed by atoms with Crippen molar-refractivity contribution in [2.24, 2.45) is 17.8 Å². The fourth-order valence-corrected chi connectivity index (χ4v) is 3.05. The summed E-state index contributed by atoms with van der Waals surface area (Å²) in [5.41, 5.74) is 0. The van der Waals surface area contributed by atoms with Crippen LogP contribution < -0.4 is 0 Å². The normalized spacial score (nSPS) is 24.4. The third-order valence-electron chi connectivity index (χ3n) is 4.37. The zero-order chi connectivity index (χ0) is 15.1. The van der Waals surface area contributed by atoms with E-state index >= 15 is 0 Å². The molecule has 1 aliphatic rings. The minimum Gasteiger partial charge on any atom is -0.481 e. The van der Waals surface area contributed by atoms with Gasteiger partial charge in [-0.15, -0.1) is 0 Å². The van der Waals surface area contributed by atoms with Crippen LogP contribution in [0.15, 0.2) is 0 Å². The summed E-state index contributed by atoms with van der Waals surface area (Å²) in [4.78, 5) is 25.3. The lowest BCUT2D eigenvalue weighted by Crippen LogP contribution is -2.46. The lowest BCUT2D eigenvalue weighted by Gasteiger charge is -2.35. The average Bonchev–Trinajstić information content (AvgIpc) is 2.42. The van der Waals surface area contributed by atoms with Gasteiger partial charge in [-0.3, -0.25) is 9.59 Å². The fraction of sp³-hybridized carbons (Fsp3) is 0.875. The Morgan fingerprint density at radius 1 is 1.30 bits per heavy atom. The summed E-state index contributed by atoms with van der Waals surface area (Å²) >= 11 is 0. The predicted octanol–water partition coefficient (Wildman–Crippen LogP) is 3.16. The Bertz CT molecular complexity index is 330. The molecule has 1 saturated heterocycles. The molecule has 0 spiro atoms. The first-order valence-corrected chi connectivity index (χ1v) is 7.98. The first-order chi connectivity index (χ1) is 9.47. The van der Waals surface area contributed by atoms with Crippen molar-refractivity contribution >= 4 is 11.9 Å². The largest absolute Gasteiger partial charge is 0.481 e. The number of amides is 1. The van der Waals surface area contributed by atoms with Crippen LogP contribution in [0.25, 0.3) is 0 Å². The number of nitrogens with zero attached hydrogens (tertiary/aromatic N) is 1. The van der Waals surface area contributed by atoms with Gasteiger partial charge in [0, 0.05) is 19.5 Å². The van der Waals surface area contributed by atoms with Gasteiger partial charge in [0.25, 0.3) is 0 Å². The highest BCUT2D eigenvalue weighted by Crippen LogP contribution is 2.24. The van der Waals surface area contributed by atoms with Crippen LogP contribution in [0.3, 0.4) is 0 Å². The maximum atomic E-state index is 12.4. The molecule has 3 unspecified atom stereocenters. The summed E-state index contributed by atoms with van der Waals surface area (Å²) in [6.07, 6.45) is 5.72. The van der Waals surface area contributed by atoms with Crippen LogP contribution in [0.1, 0.15) is 59.3 Å². The number of piperidine rings is 1. The second kappa shape index (κ2) is 8.28. The maximum Gasteiger partial charge on any atom is 0.308 e. The second-order valence-corrected chi connectivity index (χ2v) is 6.30. The number of hydrogen-bond donors (Lipinski definition) is 1. The third kappa shape index (κ3) is 5.14. The van der Waals surface area contributed by atoms with E-state index in [9.17, 15) is 9.59 Å². The Hall–Kier alpha value is -1.06. The lowest BCUT2D eigenvalue weighted by molar-refractivity contribution is -0.147. The molecule has 1 aliphatic heterocycles. The van der Waals surface area contributed by atoms with Crippen molar-refractivity contribution in [3.05, 3.63) is 0 Å². The highest BCUT2D eigenvalue weighted by molar-refractivity contribution is 5.78. The van der Waals surface area contributed by atoms with Crippen molar-refractivity contribution in [1.82, 2.24) is 4.90 Å². The summed E-state index contributed by atoms with van der Waals surface area (Å²) in [6.45, 7) is 7.43. The molecule has 4 heteroatoms. The molecule has 1 N–H and O–H groups in total. The van der Waals surface area contributed by atoms with Gasteiger partial charge in [-0.2, -0.15) is 0 Å². The molecule has 0 aliphatic carbocycles. The Balaban J connectivity index is 2.54. The number of carboxylic acids is 1. The average molecular weight is 283 g/mol. The number of carbonyl (C=O) groups is 2. The van der Waals surface area contributed by atoms with Crippen LogP contribution in [0.2, 0.25) is 0 Å². The smallest absolute Gasteiger partial charge is 0.308 e. The van der Waals surface area contributed by atoms with Crippen LogP contribution in [0.5, 0.6) is 0 Å². The SMILES string of the molecule is CCCCC(CC)CC(=O)N1CC(C)CC(C(=O)O)C1. The molecule has 4 nitrogen and oxygen atoms in total. The molecule has 1 fully saturated rings. The van der Waals surface area contributed by atoms with Gasteiger partial charge in [-0.05, 0) is 24.7 Å². The summed E-state index contributed by atoms with van der Waals surface area (Å²) in [5.74, 6) is -0.288. The molecule has 0 aromatic rings. The molecule has 1 amide bonds. The molecule has 20 heavy (non-hydrogen) atoms. The Morgan fingerprint density at radius 2 is 2.00 bits per heavy atom. The fourth-order valence-electron chi connectivity index (χ4n) is 3.05. The number of hydrogen-bond acceptors (Lipinski definition) is 2. The van der Waals surface area contributed by atoms with Gasteiger partial charge in [-0.1, -0.05) is 40.0 Å². The van der Waals surface area contributed by atoms with E-state index in [0.29, 0.717) is 31.8 Å². The van der Waals surface area contributed by atoms with E-state index in [4.69, 9.17) is 5.11 Å². The first-order valence-electron chi connectivity index (χ1n) is 7.98. The van der Waals surface area contributed by atoms with E-state index < -0.39 is 11.9 Å². The number of unbranched alkanes of at least 4 members (excludes halogenated alkanes) is 1. The second-order valence-electron chi connectivity index (χ2n) is 6.30. The lowest BCUT2D eigenvalue weighted by atomic mass is 9.89. The summed E-state index contributed by atoms with van der Waals surface area (Å²) in [7, 11) is 0. The first kappa shape index (κ1) is 17.0. The molecule has 0 bridgehead atoms. The zero-order valence-corrected chi connectivity index (χ0v) is 13.1. The Labute approximate surface area is 122 Å². The van der Waals surface area contributed by atoms with Crippen LogP contribution >= 0.6 is 0 Å². The third-order valence-corrected chi connectivity index (χ3v) is 4.37. The van der Waals surface area contributed by atoms with Gasteiger partial charge in [0.05, 0.1) is 5.92 Å². The summed E-state index contributed by atoms with van der Waals surface area (Å²) in [5, 5.41) is 9.16. The van der Waals surface area contributed by atoms with E-state index in [0.717, 1.165) is 19.3 Å². The molecule has 0 saturated carbocycles. The Morgan fingerprint density at radius 3 is 2.55 bits per heavy atom. The van der Waals surface area contributed by atoms with Gasteiger partial charge in [0.2, 0.25) is 5.91 Å². The van der Waals surface area contributed by atoms with E-state index in [1.165, 1.54) is 6.42 Å². The van der Waals surface area contributed by atoms with Gasteiger partial charge in [0.15, 0.2) is 0 Å². The van der Waals surface area contributed by atoms with Gasteiger partial charge in [-0.25, -0.2) is 0 Å². The molecule has 116 valence electrons. The van der Waals surface area contributed by atoms with Gasteiger partial charge < -0.3 is 10.0 Å². The van der Waals surface area contributed by atoms with E-state index in [-0.39, 0.29) is 11.8 Å². The van der Waals surface area contributed by atoms with Crippen molar-refractivity contribution in [3.8, 4) is 0 Å². The van der Waals surface area contributed by atoms with Crippen molar-refractivity contribution in [2.45, 2.75) is 59.3 Å². The molecule has 3 atom stereocenters. The standard InChI is InChI=1S/C16H29NO3/c1-4-6-7-13(5-2)9-15(18)17-10-12(3)8-14(11-17)16(19)20/h12-14H,4-11H2,1-3H3,(H,19,20). The topological polar surface area (TPSA) is 57.6 Å². The quantitative estimate of drug-likeness (QED) is 0.780. The van der Waals surface area contributed by atoms with Crippen molar-refractivity contribution in [3.63, 3.8) is 0 Å². The highest BCUT2D eigenvalue weighted by Gasteiger charge is 2.32. The minimum atomic E-state index is -0.771. The number of carbonyl (C=O) groups excluding carboxylic acids is 1. The summed E-state index contributed by atoms with van der Waals surface area (Å²) < 4.78 is 0. The van der Waals surface area contributed by atoms with Crippen LogP contribution in [0, 0.1) is 17.8 Å². The molecule has 1 rings (SSSR count). The monoisotopic (exact) mass is 283 g/mol. The van der Waals surface area contributed by atoms with E-state index in [1.807, 2.05) is 6.92 Å². The molecular formula is C16H29NO3. The Kier molecular flexibility index (Phi) is 7.03. The molecule has 0 aromatic carbocycles. The molecule has 0 radical (unpaired) electrons. The van der Waals surface area contributed by atoms with E-state index in [1.54, 1.807) is 4.90 Å². The van der Waals surface area contributed by atoms with E-state index in [2.05, 4.69) is 13.8 Å². The van der Waals surface area contributed by atoms with Crippen LogP contribution in [0.4, 0.5) is 0 Å². The van der Waals surface area contributed by atoms with Crippen LogP contribution in [-0.4, -0.2) is 35.0 Å². The van der Waals surface area contributed by atoms with Crippen molar-refractivity contribution < 1.29 is 14.7 Å². The molecular weight excluding hydrogens is 254 g/mol. The van der Waals surface area contributed by atoms with Crippen molar-refractivity contribution in [2.75, 3.05) is 13.1 Å². The summed E-state index contributed by atoms with van der Waals surface area (Å²) in [6, 6.07) is 0. The number of likely N-dealkylation sites (tertiary alicyclic amines) is 1. The highest BCUT2D eigenvalue weighted by atomic mass is 16.4. The maximum absolute atomic E-state index is 12.4. The number of carboxylic acid groups (broad SMARTS) is 1. The predicted molar refractivity (Wildman–Crippen MR) is 79.4 cm³/mol. The molecule has 1 heterocycles.